The van der Waals surface area contributed by atoms with Crippen molar-refractivity contribution in [3.8, 4) is 0 Å². The first kappa shape index (κ1) is 10.7. The first-order valence-corrected chi connectivity index (χ1v) is 5.72. The van der Waals surface area contributed by atoms with Crippen molar-refractivity contribution in [1.29, 1.82) is 0 Å². The summed E-state index contributed by atoms with van der Waals surface area (Å²) < 4.78 is 0. The number of alkyl halides is 2. The van der Waals surface area contributed by atoms with Crippen LogP contribution in [0.3, 0.4) is 0 Å². The van der Waals surface area contributed by atoms with Gasteiger partial charge in [-0.05, 0) is 50.4 Å². The van der Waals surface area contributed by atoms with E-state index < -0.39 is 0 Å². The van der Waals surface area contributed by atoms with Gasteiger partial charge in [0.1, 0.15) is 0 Å². The lowest BCUT2D eigenvalue weighted by molar-refractivity contribution is 0.413. The first-order chi connectivity index (χ1) is 5.86. The standard InChI is InChI=1S/C10H16Cl2/c11-7-5-9-1-2-10(4-3-9)6-8-12/h1,4,9-10H,2-3,5-8H2. The first-order valence-electron chi connectivity index (χ1n) is 4.65. The minimum atomic E-state index is 0.731. The van der Waals surface area contributed by atoms with Crippen LogP contribution in [0.5, 0.6) is 0 Å². The third-order valence-corrected chi connectivity index (χ3v) is 2.94. The summed E-state index contributed by atoms with van der Waals surface area (Å²) in [5, 5.41) is 0. The Labute approximate surface area is 85.6 Å². The maximum absolute atomic E-state index is 5.68. The molecule has 2 unspecified atom stereocenters. The second-order valence-corrected chi connectivity index (χ2v) is 4.17. The van der Waals surface area contributed by atoms with E-state index in [-0.39, 0.29) is 0 Å². The molecule has 0 aromatic rings. The Morgan fingerprint density at radius 3 is 1.58 bits per heavy atom. The summed E-state index contributed by atoms with van der Waals surface area (Å²) in [5.41, 5.74) is 0. The van der Waals surface area contributed by atoms with E-state index in [1.807, 2.05) is 0 Å². The molecule has 0 saturated heterocycles. The second kappa shape index (κ2) is 6.10. The minimum absolute atomic E-state index is 0.731. The van der Waals surface area contributed by atoms with Crippen molar-refractivity contribution in [3.63, 3.8) is 0 Å². The molecule has 1 rings (SSSR count). The van der Waals surface area contributed by atoms with Gasteiger partial charge in [-0.2, -0.15) is 0 Å². The molecule has 0 spiro atoms. The molecule has 0 aromatic heterocycles. The van der Waals surface area contributed by atoms with Gasteiger partial charge in [-0.15, -0.1) is 23.2 Å². The third-order valence-electron chi connectivity index (χ3n) is 2.50. The maximum atomic E-state index is 5.68. The summed E-state index contributed by atoms with van der Waals surface area (Å²) >= 11 is 11.4. The van der Waals surface area contributed by atoms with E-state index in [2.05, 4.69) is 12.8 Å². The average Bonchev–Trinajstić information content (AvgIpc) is 2.09. The summed E-state index contributed by atoms with van der Waals surface area (Å²) in [7, 11) is 0. The molecule has 1 aliphatic carbocycles. The van der Waals surface area contributed by atoms with Crippen LogP contribution in [-0.4, -0.2) is 11.8 Å². The van der Waals surface area contributed by atoms with Crippen molar-refractivity contribution in [2.45, 2.75) is 25.7 Å². The van der Waals surface area contributed by atoms with Gasteiger partial charge in [-0.1, -0.05) is 0 Å². The van der Waals surface area contributed by atoms with Crippen LogP contribution in [0.4, 0.5) is 0 Å². The fourth-order valence-corrected chi connectivity index (χ4v) is 2.24. The Balaban J connectivity index is 2.11. The smallest absolute Gasteiger partial charge is 0.0226 e. The molecule has 1 saturated carbocycles. The molecule has 12 heavy (non-hydrogen) atoms. The van der Waals surface area contributed by atoms with Crippen molar-refractivity contribution < 1.29 is 0 Å². The summed E-state index contributed by atoms with van der Waals surface area (Å²) in [6.45, 7) is 0. The molecule has 2 heteroatoms. The van der Waals surface area contributed by atoms with Gasteiger partial charge >= 0.3 is 0 Å². The molecule has 1 fully saturated rings. The summed E-state index contributed by atoms with van der Waals surface area (Å²) in [6.07, 6.45) is 9.50. The highest BCUT2D eigenvalue weighted by Gasteiger charge is 2.20. The normalized spacial score (nSPS) is 30.5. The highest BCUT2D eigenvalue weighted by atomic mass is 35.5. The molecular formula is C10H16Cl2. The molecule has 0 nitrogen and oxygen atoms in total. The zero-order valence-corrected chi connectivity index (χ0v) is 8.82. The van der Waals surface area contributed by atoms with E-state index in [0.29, 0.717) is 0 Å². The Kier molecular flexibility index (Phi) is 5.42. The molecule has 0 amide bonds. The van der Waals surface area contributed by atoms with Crippen LogP contribution >= 0.6 is 23.2 Å². The number of rotatable bonds is 4. The van der Waals surface area contributed by atoms with Crippen LogP contribution in [0.2, 0.25) is 0 Å². The Morgan fingerprint density at radius 1 is 0.917 bits per heavy atom. The van der Waals surface area contributed by atoms with Gasteiger partial charge in [0.25, 0.3) is 0 Å². The lowest BCUT2D eigenvalue weighted by Gasteiger charge is -2.26. The average molecular weight is 207 g/mol. The number of hydrogen-bond donors (Lipinski definition) is 0. The topological polar surface area (TPSA) is 0 Å². The highest BCUT2D eigenvalue weighted by molar-refractivity contribution is 6.18. The van der Waals surface area contributed by atoms with Gasteiger partial charge in [0, 0.05) is 11.8 Å². The van der Waals surface area contributed by atoms with Crippen LogP contribution in [0, 0.1) is 24.7 Å². The number of halogens is 2. The van der Waals surface area contributed by atoms with Gasteiger partial charge in [-0.3, -0.25) is 0 Å². The largest absolute Gasteiger partial charge is 0.127 e. The van der Waals surface area contributed by atoms with Crippen molar-refractivity contribution in [2.24, 2.45) is 11.8 Å². The van der Waals surface area contributed by atoms with E-state index in [1.165, 1.54) is 12.8 Å². The lowest BCUT2D eigenvalue weighted by Crippen LogP contribution is -2.16. The number of hydrogen-bond acceptors (Lipinski definition) is 0. The van der Waals surface area contributed by atoms with Crippen molar-refractivity contribution in [1.82, 2.24) is 0 Å². The zero-order chi connectivity index (χ0) is 8.81. The predicted octanol–water partition coefficient (Wildman–Crippen LogP) is 3.68. The molecule has 2 radical (unpaired) electrons. The molecule has 0 N–H and O–H groups in total. The van der Waals surface area contributed by atoms with E-state index >= 15 is 0 Å². The zero-order valence-electron chi connectivity index (χ0n) is 7.31. The molecule has 70 valence electrons. The lowest BCUT2D eigenvalue weighted by atomic mass is 9.80. The Bertz CT molecular complexity index is 92.4. The fourth-order valence-electron chi connectivity index (χ4n) is 1.68. The molecule has 0 bridgehead atoms. The van der Waals surface area contributed by atoms with Crippen LogP contribution in [0.15, 0.2) is 0 Å². The quantitative estimate of drug-likeness (QED) is 0.617. The third kappa shape index (κ3) is 3.53. The highest BCUT2D eigenvalue weighted by Crippen LogP contribution is 2.31. The summed E-state index contributed by atoms with van der Waals surface area (Å²) in [5.74, 6) is 3.04. The van der Waals surface area contributed by atoms with Crippen LogP contribution < -0.4 is 0 Å². The van der Waals surface area contributed by atoms with E-state index in [0.717, 1.165) is 36.4 Å². The van der Waals surface area contributed by atoms with Crippen molar-refractivity contribution in [2.75, 3.05) is 11.8 Å². The minimum Gasteiger partial charge on any atom is -0.127 e. The summed E-state index contributed by atoms with van der Waals surface area (Å²) in [4.78, 5) is 0. The SMILES string of the molecule is ClCCC1[CH]CC(CCCl)[CH]C1. The van der Waals surface area contributed by atoms with E-state index in [9.17, 15) is 0 Å². The predicted molar refractivity (Wildman–Crippen MR) is 55.5 cm³/mol. The van der Waals surface area contributed by atoms with Gasteiger partial charge < -0.3 is 0 Å². The van der Waals surface area contributed by atoms with Gasteiger partial charge in [0.2, 0.25) is 0 Å². The summed E-state index contributed by atoms with van der Waals surface area (Å²) in [6, 6.07) is 0. The molecule has 0 aromatic carbocycles. The molecule has 2 atom stereocenters. The van der Waals surface area contributed by atoms with Crippen molar-refractivity contribution in [3.05, 3.63) is 12.8 Å². The maximum Gasteiger partial charge on any atom is 0.0226 e. The Hall–Kier alpha value is 0.580. The van der Waals surface area contributed by atoms with Crippen LogP contribution in [0.1, 0.15) is 25.7 Å². The van der Waals surface area contributed by atoms with E-state index in [1.54, 1.807) is 0 Å². The van der Waals surface area contributed by atoms with Crippen LogP contribution in [0.25, 0.3) is 0 Å². The molecule has 0 heterocycles. The van der Waals surface area contributed by atoms with Crippen molar-refractivity contribution >= 4 is 23.2 Å². The van der Waals surface area contributed by atoms with Crippen LogP contribution in [-0.2, 0) is 0 Å². The fraction of sp³-hybridized carbons (Fsp3) is 0.800. The second-order valence-electron chi connectivity index (χ2n) is 3.42. The molecule has 0 aliphatic heterocycles. The molecule has 1 aliphatic rings. The molecular weight excluding hydrogens is 191 g/mol. The van der Waals surface area contributed by atoms with Gasteiger partial charge in [0.05, 0.1) is 0 Å². The van der Waals surface area contributed by atoms with E-state index in [4.69, 9.17) is 23.2 Å². The van der Waals surface area contributed by atoms with Gasteiger partial charge in [0.15, 0.2) is 0 Å². The Morgan fingerprint density at radius 2 is 1.33 bits per heavy atom. The van der Waals surface area contributed by atoms with Gasteiger partial charge in [-0.25, -0.2) is 0 Å². The monoisotopic (exact) mass is 206 g/mol.